The Kier molecular flexibility index (Phi) is 4.24. The third-order valence-electron chi connectivity index (χ3n) is 2.71. The van der Waals surface area contributed by atoms with Crippen LogP contribution in [0.1, 0.15) is 16.1 Å². The van der Waals surface area contributed by atoms with E-state index in [1.54, 1.807) is 18.0 Å². The van der Waals surface area contributed by atoms with Crippen molar-refractivity contribution in [2.24, 2.45) is 0 Å². The summed E-state index contributed by atoms with van der Waals surface area (Å²) in [7, 11) is 0. The van der Waals surface area contributed by atoms with Crippen molar-refractivity contribution in [2.75, 3.05) is 12.9 Å². The van der Waals surface area contributed by atoms with Crippen molar-refractivity contribution >= 4 is 17.7 Å². The average molecular weight is 278 g/mol. The first kappa shape index (κ1) is 13.6. The zero-order valence-electron chi connectivity index (χ0n) is 10.4. The van der Waals surface area contributed by atoms with Crippen LogP contribution < -0.4 is 0 Å². The fourth-order valence-electron chi connectivity index (χ4n) is 1.76. The lowest BCUT2D eigenvalue weighted by Crippen LogP contribution is -2.03. The van der Waals surface area contributed by atoms with Gasteiger partial charge in [0.25, 0.3) is 0 Å². The molecule has 100 valence electrons. The van der Waals surface area contributed by atoms with Crippen molar-refractivity contribution < 1.29 is 15.0 Å². The van der Waals surface area contributed by atoms with E-state index in [0.717, 1.165) is 10.6 Å². The number of hydrogen-bond donors (Lipinski definition) is 2. The molecule has 2 N–H and O–H groups in total. The van der Waals surface area contributed by atoms with Crippen LogP contribution in [0.5, 0.6) is 0 Å². The van der Waals surface area contributed by atoms with Crippen LogP contribution in [-0.4, -0.2) is 38.8 Å². The van der Waals surface area contributed by atoms with Crippen molar-refractivity contribution in [3.05, 3.63) is 41.7 Å². The molecule has 1 heterocycles. The van der Waals surface area contributed by atoms with Crippen LogP contribution in [0.15, 0.2) is 35.4 Å². The van der Waals surface area contributed by atoms with Crippen molar-refractivity contribution in [3.63, 3.8) is 0 Å². The van der Waals surface area contributed by atoms with Crippen LogP contribution in [0.2, 0.25) is 0 Å². The van der Waals surface area contributed by atoms with Gasteiger partial charge in [0.2, 0.25) is 0 Å². The molecule has 5 nitrogen and oxygen atoms in total. The van der Waals surface area contributed by atoms with E-state index >= 15 is 0 Å². The molecule has 0 saturated heterocycles. The normalized spacial score (nSPS) is 10.6. The van der Waals surface area contributed by atoms with Gasteiger partial charge >= 0.3 is 5.97 Å². The quantitative estimate of drug-likeness (QED) is 0.816. The largest absolute Gasteiger partial charge is 0.476 e. The summed E-state index contributed by atoms with van der Waals surface area (Å²) < 4.78 is 1.53. The number of rotatable bonds is 5. The van der Waals surface area contributed by atoms with Gasteiger partial charge in [-0.1, -0.05) is 0 Å². The molecule has 0 unspecified atom stereocenters. The number of aliphatic hydroxyl groups is 1. The highest BCUT2D eigenvalue weighted by Crippen LogP contribution is 2.18. The first-order chi connectivity index (χ1) is 9.15. The van der Waals surface area contributed by atoms with Crippen molar-refractivity contribution in [2.45, 2.75) is 11.3 Å². The highest BCUT2D eigenvalue weighted by Gasteiger charge is 2.15. The third kappa shape index (κ3) is 2.97. The molecule has 0 amide bonds. The zero-order valence-corrected chi connectivity index (χ0v) is 11.2. The maximum Gasteiger partial charge on any atom is 0.356 e. The molecule has 2 rings (SSSR count). The summed E-state index contributed by atoms with van der Waals surface area (Å²) in [4.78, 5) is 12.2. The number of benzene rings is 1. The SMILES string of the molecule is CSc1ccc(-n2cc(CCO)c(C(=O)O)n2)cc1. The summed E-state index contributed by atoms with van der Waals surface area (Å²) in [6.07, 6.45) is 3.92. The molecular formula is C13H14N2O3S. The van der Waals surface area contributed by atoms with E-state index in [-0.39, 0.29) is 18.7 Å². The van der Waals surface area contributed by atoms with Gasteiger partial charge in [-0.05, 0) is 36.9 Å². The lowest BCUT2D eigenvalue weighted by atomic mass is 10.2. The van der Waals surface area contributed by atoms with E-state index in [9.17, 15) is 4.79 Å². The van der Waals surface area contributed by atoms with E-state index in [1.807, 2.05) is 30.5 Å². The smallest absolute Gasteiger partial charge is 0.356 e. The van der Waals surface area contributed by atoms with Crippen LogP contribution in [0, 0.1) is 0 Å². The van der Waals surface area contributed by atoms with Gasteiger partial charge < -0.3 is 10.2 Å². The Bertz CT molecular complexity index is 578. The fourth-order valence-corrected chi connectivity index (χ4v) is 2.17. The Balaban J connectivity index is 2.38. The fraction of sp³-hybridized carbons (Fsp3) is 0.231. The molecule has 2 aromatic rings. The maximum atomic E-state index is 11.1. The van der Waals surface area contributed by atoms with Crippen LogP contribution in [0.3, 0.4) is 0 Å². The molecule has 0 bridgehead atoms. The average Bonchev–Trinajstić information content (AvgIpc) is 2.83. The second kappa shape index (κ2) is 5.90. The van der Waals surface area contributed by atoms with Gasteiger partial charge in [-0.3, -0.25) is 0 Å². The van der Waals surface area contributed by atoms with Gasteiger partial charge in [0.05, 0.1) is 5.69 Å². The second-order valence-electron chi connectivity index (χ2n) is 3.92. The van der Waals surface area contributed by atoms with Gasteiger partial charge in [0, 0.05) is 23.3 Å². The maximum absolute atomic E-state index is 11.1. The Hall–Kier alpha value is -1.79. The molecule has 0 atom stereocenters. The van der Waals surface area contributed by atoms with Gasteiger partial charge in [-0.25, -0.2) is 9.48 Å². The molecule has 0 fully saturated rings. The van der Waals surface area contributed by atoms with Crippen molar-refractivity contribution in [1.82, 2.24) is 9.78 Å². The standard InChI is InChI=1S/C13H14N2O3S/c1-19-11-4-2-10(3-5-11)15-8-9(6-7-16)12(14-15)13(17)18/h2-5,8,16H,6-7H2,1H3,(H,17,18). The molecule has 1 aromatic heterocycles. The van der Waals surface area contributed by atoms with Crippen LogP contribution in [0.25, 0.3) is 5.69 Å². The van der Waals surface area contributed by atoms with Gasteiger partial charge in [0.15, 0.2) is 5.69 Å². The lowest BCUT2D eigenvalue weighted by Gasteiger charge is -2.01. The van der Waals surface area contributed by atoms with Crippen LogP contribution >= 0.6 is 11.8 Å². The number of hydrogen-bond acceptors (Lipinski definition) is 4. The number of aliphatic hydroxyl groups excluding tert-OH is 1. The van der Waals surface area contributed by atoms with E-state index < -0.39 is 5.97 Å². The molecule has 19 heavy (non-hydrogen) atoms. The first-order valence-corrected chi connectivity index (χ1v) is 6.95. The van der Waals surface area contributed by atoms with E-state index in [4.69, 9.17) is 10.2 Å². The molecule has 0 spiro atoms. The predicted molar refractivity (Wildman–Crippen MR) is 73.1 cm³/mol. The van der Waals surface area contributed by atoms with E-state index in [1.165, 1.54) is 4.68 Å². The predicted octanol–water partition coefficient (Wildman–Crippen LogP) is 1.83. The number of carboxylic acid groups (broad SMARTS) is 1. The number of thioether (sulfide) groups is 1. The first-order valence-electron chi connectivity index (χ1n) is 5.73. The number of carbonyl (C=O) groups is 1. The molecule has 0 aliphatic heterocycles. The molecule has 1 aromatic carbocycles. The highest BCUT2D eigenvalue weighted by molar-refractivity contribution is 7.98. The third-order valence-corrected chi connectivity index (χ3v) is 3.45. The molecular weight excluding hydrogens is 264 g/mol. The van der Waals surface area contributed by atoms with Gasteiger partial charge in [0.1, 0.15) is 0 Å². The summed E-state index contributed by atoms with van der Waals surface area (Å²) in [6, 6.07) is 7.67. The zero-order chi connectivity index (χ0) is 13.8. The van der Waals surface area contributed by atoms with Crippen molar-refractivity contribution in [1.29, 1.82) is 0 Å². The Morgan fingerprint density at radius 1 is 1.37 bits per heavy atom. The topological polar surface area (TPSA) is 75.4 Å². The minimum Gasteiger partial charge on any atom is -0.476 e. The number of nitrogens with zero attached hydrogens (tertiary/aromatic N) is 2. The van der Waals surface area contributed by atoms with Gasteiger partial charge in [-0.15, -0.1) is 11.8 Å². The molecule has 0 radical (unpaired) electrons. The van der Waals surface area contributed by atoms with Gasteiger partial charge in [-0.2, -0.15) is 5.10 Å². The van der Waals surface area contributed by atoms with Crippen LogP contribution in [0.4, 0.5) is 0 Å². The Labute approximate surface area is 114 Å². The number of aromatic carboxylic acids is 1. The van der Waals surface area contributed by atoms with Crippen LogP contribution in [-0.2, 0) is 6.42 Å². The Morgan fingerprint density at radius 3 is 2.58 bits per heavy atom. The molecule has 0 aliphatic carbocycles. The number of carboxylic acids is 1. The highest BCUT2D eigenvalue weighted by atomic mass is 32.2. The minimum absolute atomic E-state index is 0.0111. The number of aromatic nitrogens is 2. The molecule has 6 heteroatoms. The summed E-state index contributed by atoms with van der Waals surface area (Å²) in [6.45, 7) is -0.0998. The van der Waals surface area contributed by atoms with E-state index in [0.29, 0.717) is 5.56 Å². The lowest BCUT2D eigenvalue weighted by molar-refractivity contribution is 0.0688. The summed E-state index contributed by atoms with van der Waals surface area (Å²) in [5.74, 6) is -1.08. The summed E-state index contributed by atoms with van der Waals surface area (Å²) in [5.41, 5.74) is 1.32. The van der Waals surface area contributed by atoms with Crippen molar-refractivity contribution in [3.8, 4) is 5.69 Å². The minimum atomic E-state index is -1.08. The summed E-state index contributed by atoms with van der Waals surface area (Å²) in [5, 5.41) is 22.1. The molecule has 0 aliphatic rings. The Morgan fingerprint density at radius 2 is 2.05 bits per heavy atom. The monoisotopic (exact) mass is 278 g/mol. The van der Waals surface area contributed by atoms with E-state index in [2.05, 4.69) is 5.10 Å². The second-order valence-corrected chi connectivity index (χ2v) is 4.80. The summed E-state index contributed by atoms with van der Waals surface area (Å²) >= 11 is 1.64. The molecule has 0 saturated carbocycles.